The third-order valence-electron chi connectivity index (χ3n) is 4.09. The standard InChI is InChI=1S/C19H25N3O7S/c1-4-8-20-19(25)21-17(23)12-28-18(24)15-6-5-7-16(9-15)30(26,27)22-10-13(2)29-14(3)11-22/h4-7,9,13-14H,1,8,10-12H2,2-3H3,(H2,20,21,23,25). The second kappa shape index (κ2) is 10.3. The van der Waals surface area contributed by atoms with E-state index >= 15 is 0 Å². The molecule has 1 aliphatic rings. The maximum Gasteiger partial charge on any atom is 0.338 e. The Morgan fingerprint density at radius 2 is 1.93 bits per heavy atom. The van der Waals surface area contributed by atoms with Crippen LogP contribution in [0.25, 0.3) is 0 Å². The number of nitrogens with zero attached hydrogens (tertiary/aromatic N) is 1. The first-order valence-corrected chi connectivity index (χ1v) is 10.7. The number of imide groups is 1. The number of carbonyl (C=O) groups is 3. The lowest BCUT2D eigenvalue weighted by atomic mass is 10.2. The third kappa shape index (κ3) is 6.37. The largest absolute Gasteiger partial charge is 0.452 e. The van der Waals surface area contributed by atoms with E-state index in [9.17, 15) is 22.8 Å². The van der Waals surface area contributed by atoms with Gasteiger partial charge in [-0.3, -0.25) is 10.1 Å². The lowest BCUT2D eigenvalue weighted by molar-refractivity contribution is -0.123. The van der Waals surface area contributed by atoms with Crippen LogP contribution in [0.2, 0.25) is 0 Å². The Balaban J connectivity index is 2.02. The van der Waals surface area contributed by atoms with Gasteiger partial charge in [0.15, 0.2) is 6.61 Å². The van der Waals surface area contributed by atoms with Gasteiger partial charge in [-0.2, -0.15) is 4.31 Å². The van der Waals surface area contributed by atoms with E-state index in [0.717, 1.165) is 0 Å². The van der Waals surface area contributed by atoms with Crippen LogP contribution in [0.3, 0.4) is 0 Å². The quantitative estimate of drug-likeness (QED) is 0.471. The first-order chi connectivity index (χ1) is 14.1. The van der Waals surface area contributed by atoms with Crippen LogP contribution in [0.4, 0.5) is 4.79 Å². The number of benzene rings is 1. The molecule has 1 aromatic rings. The molecule has 2 atom stereocenters. The molecular weight excluding hydrogens is 414 g/mol. The Bertz CT molecular complexity index is 906. The molecule has 2 N–H and O–H groups in total. The molecule has 11 heteroatoms. The van der Waals surface area contributed by atoms with E-state index in [4.69, 9.17) is 9.47 Å². The van der Waals surface area contributed by atoms with Gasteiger partial charge in [-0.1, -0.05) is 12.1 Å². The normalized spacial score (nSPS) is 19.5. The Morgan fingerprint density at radius 3 is 2.57 bits per heavy atom. The zero-order valence-corrected chi connectivity index (χ0v) is 17.6. The van der Waals surface area contributed by atoms with Crippen LogP contribution in [-0.4, -0.2) is 69.1 Å². The Kier molecular flexibility index (Phi) is 8.09. The van der Waals surface area contributed by atoms with Crippen LogP contribution in [0.15, 0.2) is 41.8 Å². The highest BCUT2D eigenvalue weighted by atomic mass is 32.2. The molecular formula is C19H25N3O7S. The fourth-order valence-corrected chi connectivity index (χ4v) is 4.48. The Morgan fingerprint density at radius 1 is 1.27 bits per heavy atom. The summed E-state index contributed by atoms with van der Waals surface area (Å²) in [6.45, 7) is 6.87. The lowest BCUT2D eigenvalue weighted by Crippen LogP contribution is -2.48. The number of ether oxygens (including phenoxy) is 2. The van der Waals surface area contributed by atoms with E-state index in [1.807, 2.05) is 5.32 Å². The fourth-order valence-electron chi connectivity index (χ4n) is 2.85. The van der Waals surface area contributed by atoms with Crippen LogP contribution < -0.4 is 10.6 Å². The summed E-state index contributed by atoms with van der Waals surface area (Å²) in [6.07, 6.45) is 0.932. The van der Waals surface area contributed by atoms with Crippen molar-refractivity contribution in [3.63, 3.8) is 0 Å². The van der Waals surface area contributed by atoms with Crippen molar-refractivity contribution in [1.29, 1.82) is 0 Å². The van der Waals surface area contributed by atoms with Gasteiger partial charge >= 0.3 is 12.0 Å². The van der Waals surface area contributed by atoms with Gasteiger partial charge in [0.05, 0.1) is 22.7 Å². The van der Waals surface area contributed by atoms with E-state index in [-0.39, 0.29) is 42.3 Å². The summed E-state index contributed by atoms with van der Waals surface area (Å²) in [7, 11) is -3.83. The highest BCUT2D eigenvalue weighted by molar-refractivity contribution is 7.89. The number of sulfonamides is 1. The molecule has 0 saturated carbocycles. The van der Waals surface area contributed by atoms with E-state index < -0.39 is 34.5 Å². The molecule has 0 spiro atoms. The fraction of sp³-hybridized carbons (Fsp3) is 0.421. The summed E-state index contributed by atoms with van der Waals surface area (Å²) in [5.41, 5.74) is -0.0330. The van der Waals surface area contributed by atoms with Crippen LogP contribution >= 0.6 is 0 Å². The highest BCUT2D eigenvalue weighted by Gasteiger charge is 2.32. The van der Waals surface area contributed by atoms with Crippen LogP contribution in [0.1, 0.15) is 24.2 Å². The second-order valence-electron chi connectivity index (χ2n) is 6.73. The Labute approximate surface area is 175 Å². The molecule has 0 aromatic heterocycles. The number of hydrogen-bond acceptors (Lipinski definition) is 7. The van der Waals surface area contributed by atoms with Gasteiger partial charge in [-0.25, -0.2) is 18.0 Å². The van der Waals surface area contributed by atoms with Crippen molar-refractivity contribution in [2.45, 2.75) is 31.0 Å². The molecule has 0 radical (unpaired) electrons. The summed E-state index contributed by atoms with van der Waals surface area (Å²) in [5, 5.41) is 4.31. The average molecular weight is 439 g/mol. The minimum Gasteiger partial charge on any atom is -0.452 e. The van der Waals surface area contributed by atoms with E-state index in [1.165, 1.54) is 34.6 Å². The van der Waals surface area contributed by atoms with E-state index in [1.54, 1.807) is 13.8 Å². The number of esters is 1. The van der Waals surface area contributed by atoms with Crippen LogP contribution in [-0.2, 0) is 24.3 Å². The van der Waals surface area contributed by atoms with Gasteiger partial charge in [0.2, 0.25) is 10.0 Å². The van der Waals surface area contributed by atoms with Gasteiger partial charge in [-0.05, 0) is 32.0 Å². The molecule has 30 heavy (non-hydrogen) atoms. The van der Waals surface area contributed by atoms with Gasteiger partial charge in [0.25, 0.3) is 5.91 Å². The van der Waals surface area contributed by atoms with Crippen LogP contribution in [0, 0.1) is 0 Å². The predicted octanol–water partition coefficient (Wildman–Crippen LogP) is 0.653. The number of morpholine rings is 1. The lowest BCUT2D eigenvalue weighted by Gasteiger charge is -2.34. The predicted molar refractivity (Wildman–Crippen MR) is 107 cm³/mol. The summed E-state index contributed by atoms with van der Waals surface area (Å²) >= 11 is 0. The second-order valence-corrected chi connectivity index (χ2v) is 8.67. The van der Waals surface area contributed by atoms with Gasteiger partial charge in [-0.15, -0.1) is 6.58 Å². The molecule has 2 unspecified atom stereocenters. The van der Waals surface area contributed by atoms with Crippen molar-refractivity contribution < 1.29 is 32.3 Å². The van der Waals surface area contributed by atoms with E-state index in [0.29, 0.717) is 0 Å². The molecule has 1 heterocycles. The Hall–Kier alpha value is -2.76. The first-order valence-electron chi connectivity index (χ1n) is 9.25. The number of hydrogen-bond donors (Lipinski definition) is 2. The number of urea groups is 1. The summed E-state index contributed by atoms with van der Waals surface area (Å²) < 4.78 is 37.6. The molecule has 1 aliphatic heterocycles. The molecule has 1 fully saturated rings. The maximum absolute atomic E-state index is 12.9. The number of carbonyl (C=O) groups excluding carboxylic acids is 3. The van der Waals surface area contributed by atoms with E-state index in [2.05, 4.69) is 11.9 Å². The smallest absolute Gasteiger partial charge is 0.338 e. The maximum atomic E-state index is 12.9. The van der Waals surface area contributed by atoms with Crippen molar-refractivity contribution in [1.82, 2.24) is 14.9 Å². The molecule has 2 rings (SSSR count). The molecule has 164 valence electrons. The molecule has 0 bridgehead atoms. The number of nitrogens with one attached hydrogen (secondary N) is 2. The number of rotatable bonds is 7. The van der Waals surface area contributed by atoms with Crippen molar-refractivity contribution in [3.8, 4) is 0 Å². The first kappa shape index (κ1) is 23.5. The number of amides is 3. The molecule has 1 aromatic carbocycles. The van der Waals surface area contributed by atoms with Gasteiger partial charge in [0.1, 0.15) is 0 Å². The summed E-state index contributed by atoms with van der Waals surface area (Å²) in [4.78, 5) is 35.2. The topological polar surface area (TPSA) is 131 Å². The molecule has 10 nitrogen and oxygen atoms in total. The molecule has 1 saturated heterocycles. The SMILES string of the molecule is C=CCNC(=O)NC(=O)COC(=O)c1cccc(S(=O)(=O)N2CC(C)OC(C)C2)c1. The monoisotopic (exact) mass is 439 g/mol. The van der Waals surface area contributed by atoms with Crippen molar-refractivity contribution in [2.75, 3.05) is 26.2 Å². The van der Waals surface area contributed by atoms with Crippen molar-refractivity contribution >= 4 is 27.9 Å². The molecule has 3 amide bonds. The third-order valence-corrected chi connectivity index (χ3v) is 5.92. The zero-order valence-electron chi connectivity index (χ0n) is 16.8. The van der Waals surface area contributed by atoms with Crippen LogP contribution in [0.5, 0.6) is 0 Å². The molecule has 0 aliphatic carbocycles. The minimum absolute atomic E-state index is 0.0330. The summed E-state index contributed by atoms with van der Waals surface area (Å²) in [5.74, 6) is -1.72. The minimum atomic E-state index is -3.83. The average Bonchev–Trinajstić information content (AvgIpc) is 2.69. The zero-order chi connectivity index (χ0) is 22.3. The van der Waals surface area contributed by atoms with Crippen molar-refractivity contribution in [3.05, 3.63) is 42.5 Å². The van der Waals surface area contributed by atoms with Crippen molar-refractivity contribution in [2.24, 2.45) is 0 Å². The highest BCUT2D eigenvalue weighted by Crippen LogP contribution is 2.22. The van der Waals surface area contributed by atoms with Gasteiger partial charge < -0.3 is 14.8 Å². The van der Waals surface area contributed by atoms with Gasteiger partial charge in [0, 0.05) is 19.6 Å². The summed E-state index contributed by atoms with van der Waals surface area (Å²) in [6, 6.07) is 4.61.